The molecule has 0 fully saturated rings. The molecule has 4 rings (SSSR count). The Morgan fingerprint density at radius 2 is 1.68 bits per heavy atom. The predicted octanol–water partition coefficient (Wildman–Crippen LogP) is 6.34. The zero-order valence-electron chi connectivity index (χ0n) is 19.0. The largest absolute Gasteiger partial charge is 0.322 e. The van der Waals surface area contributed by atoms with Crippen molar-refractivity contribution in [3.05, 3.63) is 101 Å². The highest BCUT2D eigenvalue weighted by Gasteiger charge is 2.18. The van der Waals surface area contributed by atoms with Crippen molar-refractivity contribution in [1.29, 1.82) is 0 Å². The second kappa shape index (κ2) is 9.41. The predicted molar refractivity (Wildman–Crippen MR) is 137 cm³/mol. The van der Waals surface area contributed by atoms with Crippen LogP contribution in [-0.4, -0.2) is 25.6 Å². The molecule has 0 spiro atoms. The van der Waals surface area contributed by atoms with Crippen LogP contribution < -0.4 is 5.32 Å². The molecule has 0 saturated carbocycles. The monoisotopic (exact) mass is 490 g/mol. The molecule has 7 heteroatoms. The first-order valence-electron chi connectivity index (χ1n) is 10.6. The van der Waals surface area contributed by atoms with Gasteiger partial charge in [-0.15, -0.1) is 0 Å². The lowest BCUT2D eigenvalue weighted by Gasteiger charge is -2.14. The molecule has 5 nitrogen and oxygen atoms in total. The van der Waals surface area contributed by atoms with E-state index in [4.69, 9.17) is 11.6 Å². The summed E-state index contributed by atoms with van der Waals surface area (Å²) in [5, 5.41) is 3.43. The van der Waals surface area contributed by atoms with E-state index in [0.717, 1.165) is 22.9 Å². The van der Waals surface area contributed by atoms with Crippen molar-refractivity contribution < 1.29 is 13.2 Å². The minimum Gasteiger partial charge on any atom is -0.322 e. The molecule has 0 saturated heterocycles. The number of amides is 1. The Morgan fingerprint density at radius 3 is 2.35 bits per heavy atom. The van der Waals surface area contributed by atoms with E-state index in [2.05, 4.69) is 10.3 Å². The molecule has 0 radical (unpaired) electrons. The maximum Gasteiger partial charge on any atom is 0.256 e. The molecular formula is C27H23ClN2O3S. The van der Waals surface area contributed by atoms with Gasteiger partial charge in [0.25, 0.3) is 5.91 Å². The molecule has 0 atom stereocenters. The van der Waals surface area contributed by atoms with Crippen molar-refractivity contribution >= 4 is 33.0 Å². The maximum absolute atomic E-state index is 13.3. The molecule has 0 unspecified atom stereocenters. The zero-order chi connectivity index (χ0) is 24.5. The fraction of sp³-hybridized carbons (Fsp3) is 0.111. The number of aromatic nitrogens is 1. The topological polar surface area (TPSA) is 76.1 Å². The van der Waals surface area contributed by atoms with Crippen LogP contribution in [0.15, 0.2) is 83.9 Å². The molecule has 1 aromatic heterocycles. The molecule has 3 aromatic carbocycles. The van der Waals surface area contributed by atoms with Gasteiger partial charge in [-0.3, -0.25) is 9.78 Å². The van der Waals surface area contributed by atoms with Crippen molar-refractivity contribution in [3.8, 4) is 22.4 Å². The summed E-state index contributed by atoms with van der Waals surface area (Å²) < 4.78 is 24.4. The third-order valence-corrected chi connectivity index (χ3v) is 7.09. The Balaban J connectivity index is 1.76. The van der Waals surface area contributed by atoms with Crippen molar-refractivity contribution in [2.45, 2.75) is 18.7 Å². The number of benzene rings is 3. The molecule has 1 N–H and O–H groups in total. The molecule has 0 aliphatic carbocycles. The fourth-order valence-corrected chi connectivity index (χ4v) is 4.48. The Hall–Kier alpha value is -3.48. The van der Waals surface area contributed by atoms with E-state index in [9.17, 15) is 13.2 Å². The maximum atomic E-state index is 13.3. The lowest BCUT2D eigenvalue weighted by atomic mass is 9.96. The van der Waals surface area contributed by atoms with Crippen LogP contribution >= 0.6 is 11.6 Å². The third-order valence-electron chi connectivity index (χ3n) is 5.65. The van der Waals surface area contributed by atoms with Gasteiger partial charge >= 0.3 is 0 Å². The average molecular weight is 491 g/mol. The Kier molecular flexibility index (Phi) is 6.55. The van der Waals surface area contributed by atoms with Gasteiger partial charge in [-0.1, -0.05) is 35.9 Å². The molecule has 34 heavy (non-hydrogen) atoms. The summed E-state index contributed by atoms with van der Waals surface area (Å²) in [6, 6.07) is 21.1. The SMILES string of the molecule is Cc1ccc(-c2cc(S(C)(=O)=O)ccc2C(=O)Nc2ccc(Cl)c(-c3ccccn3)c2)cc1C. The van der Waals surface area contributed by atoms with E-state index in [-0.39, 0.29) is 10.8 Å². The normalized spacial score (nSPS) is 11.3. The molecule has 0 bridgehead atoms. The van der Waals surface area contributed by atoms with Crippen LogP contribution in [0.3, 0.4) is 0 Å². The molecule has 4 aromatic rings. The Bertz CT molecular complexity index is 1500. The smallest absolute Gasteiger partial charge is 0.256 e. The van der Waals surface area contributed by atoms with Gasteiger partial charge in [0.2, 0.25) is 0 Å². The highest BCUT2D eigenvalue weighted by Crippen LogP contribution is 2.32. The second-order valence-electron chi connectivity index (χ2n) is 8.14. The second-order valence-corrected chi connectivity index (χ2v) is 10.6. The first kappa shape index (κ1) is 23.7. The van der Waals surface area contributed by atoms with Gasteiger partial charge in [0.05, 0.1) is 15.6 Å². The van der Waals surface area contributed by atoms with E-state index in [0.29, 0.717) is 33.1 Å². The molecule has 172 valence electrons. The number of pyridine rings is 1. The van der Waals surface area contributed by atoms with Gasteiger partial charge in [-0.05, 0) is 84.6 Å². The number of anilines is 1. The number of sulfone groups is 1. The lowest BCUT2D eigenvalue weighted by molar-refractivity contribution is 0.102. The van der Waals surface area contributed by atoms with Gasteiger partial charge in [0, 0.05) is 29.3 Å². The molecular weight excluding hydrogens is 468 g/mol. The zero-order valence-corrected chi connectivity index (χ0v) is 20.5. The minimum atomic E-state index is -3.45. The number of rotatable bonds is 5. The number of carbonyl (C=O) groups excluding carboxylic acids is 1. The van der Waals surface area contributed by atoms with Crippen molar-refractivity contribution in [3.63, 3.8) is 0 Å². The van der Waals surface area contributed by atoms with Crippen LogP contribution in [0.5, 0.6) is 0 Å². The molecule has 1 heterocycles. The van der Waals surface area contributed by atoms with Gasteiger partial charge in [-0.2, -0.15) is 0 Å². The van der Waals surface area contributed by atoms with Crippen LogP contribution in [0.2, 0.25) is 5.02 Å². The van der Waals surface area contributed by atoms with Crippen LogP contribution in [-0.2, 0) is 9.84 Å². The first-order valence-corrected chi connectivity index (χ1v) is 12.8. The number of hydrogen-bond donors (Lipinski definition) is 1. The van der Waals surface area contributed by atoms with E-state index in [1.54, 1.807) is 36.5 Å². The third kappa shape index (κ3) is 5.03. The summed E-state index contributed by atoms with van der Waals surface area (Å²) in [6.45, 7) is 3.98. The number of carbonyl (C=O) groups is 1. The lowest BCUT2D eigenvalue weighted by Crippen LogP contribution is -2.14. The quantitative estimate of drug-likeness (QED) is 0.354. The summed E-state index contributed by atoms with van der Waals surface area (Å²) in [7, 11) is -3.45. The molecule has 0 aliphatic rings. The average Bonchev–Trinajstić information content (AvgIpc) is 2.81. The van der Waals surface area contributed by atoms with Crippen molar-refractivity contribution in [1.82, 2.24) is 4.98 Å². The Labute approximate surface area is 204 Å². The van der Waals surface area contributed by atoms with Crippen molar-refractivity contribution in [2.75, 3.05) is 11.6 Å². The summed E-state index contributed by atoms with van der Waals surface area (Å²) in [5.41, 5.74) is 5.77. The highest BCUT2D eigenvalue weighted by molar-refractivity contribution is 7.90. The summed E-state index contributed by atoms with van der Waals surface area (Å²) in [6.07, 6.45) is 2.83. The van der Waals surface area contributed by atoms with E-state index >= 15 is 0 Å². The van der Waals surface area contributed by atoms with Crippen LogP contribution in [0.4, 0.5) is 5.69 Å². The molecule has 0 aliphatic heterocycles. The van der Waals surface area contributed by atoms with Gasteiger partial charge in [-0.25, -0.2) is 8.42 Å². The van der Waals surface area contributed by atoms with Gasteiger partial charge in [0.1, 0.15) is 0 Å². The van der Waals surface area contributed by atoms with Crippen molar-refractivity contribution in [2.24, 2.45) is 0 Å². The van der Waals surface area contributed by atoms with Gasteiger partial charge < -0.3 is 5.32 Å². The molecule has 1 amide bonds. The number of halogens is 1. The van der Waals surface area contributed by atoms with E-state index < -0.39 is 9.84 Å². The number of aryl methyl sites for hydroxylation is 2. The Morgan fingerprint density at radius 1 is 0.882 bits per heavy atom. The van der Waals surface area contributed by atoms with E-state index in [1.165, 1.54) is 6.07 Å². The van der Waals surface area contributed by atoms with Crippen LogP contribution in [0.25, 0.3) is 22.4 Å². The summed E-state index contributed by atoms with van der Waals surface area (Å²) >= 11 is 6.37. The number of hydrogen-bond acceptors (Lipinski definition) is 4. The summed E-state index contributed by atoms with van der Waals surface area (Å²) in [5.74, 6) is -0.359. The standard InChI is InChI=1S/C27H23ClN2O3S/c1-17-7-8-19(14-18(17)2)23-16-21(34(3,32)33)10-11-22(23)27(31)30-20-9-12-25(28)24(15-20)26-6-4-5-13-29-26/h4-16H,1-3H3,(H,30,31). The van der Waals surface area contributed by atoms with Crippen LogP contribution in [0, 0.1) is 13.8 Å². The number of nitrogens with zero attached hydrogens (tertiary/aromatic N) is 1. The fourth-order valence-electron chi connectivity index (χ4n) is 3.62. The number of nitrogens with one attached hydrogen (secondary N) is 1. The van der Waals surface area contributed by atoms with E-state index in [1.807, 2.05) is 50.2 Å². The highest BCUT2D eigenvalue weighted by atomic mass is 35.5. The van der Waals surface area contributed by atoms with Gasteiger partial charge in [0.15, 0.2) is 9.84 Å². The van der Waals surface area contributed by atoms with Crippen LogP contribution in [0.1, 0.15) is 21.5 Å². The first-order chi connectivity index (χ1) is 16.1. The minimum absolute atomic E-state index is 0.154. The summed E-state index contributed by atoms with van der Waals surface area (Å²) in [4.78, 5) is 17.8.